The molecule has 1 saturated carbocycles. The fraction of sp³-hybridized carbons (Fsp3) is 0.889. The van der Waals surface area contributed by atoms with Gasteiger partial charge in [-0.15, -0.1) is 0 Å². The van der Waals surface area contributed by atoms with E-state index in [4.69, 9.17) is 0 Å². The average Bonchev–Trinajstić information content (AvgIpc) is 2.27. The summed E-state index contributed by atoms with van der Waals surface area (Å²) in [5.41, 5.74) is 0. The fourth-order valence-electron chi connectivity index (χ4n) is 2.45. The van der Waals surface area contributed by atoms with Crippen LogP contribution in [-0.2, 0) is 0 Å². The monoisotopic (exact) mass is 138 g/mol. The summed E-state index contributed by atoms with van der Waals surface area (Å²) < 4.78 is 0. The summed E-state index contributed by atoms with van der Waals surface area (Å²) in [5.74, 6) is 0.969. The predicted octanol–water partition coefficient (Wildman–Crippen LogP) is 1.74. The lowest BCUT2D eigenvalue weighted by atomic mass is 9.85. The van der Waals surface area contributed by atoms with Crippen molar-refractivity contribution in [3.63, 3.8) is 0 Å². The Morgan fingerprint density at radius 2 is 2.00 bits per heavy atom. The molecule has 0 aromatic heterocycles. The first-order valence-electron chi connectivity index (χ1n) is 4.45. The molecule has 1 heteroatoms. The molecule has 0 aromatic rings. The van der Waals surface area contributed by atoms with E-state index in [1.165, 1.54) is 32.1 Å². The molecule has 1 radical (unpaired) electrons. The Morgan fingerprint density at radius 1 is 1.20 bits per heavy atom. The molecule has 1 aliphatic heterocycles. The van der Waals surface area contributed by atoms with E-state index in [0.29, 0.717) is 6.04 Å². The Balaban J connectivity index is 1.97. The average molecular weight is 138 g/mol. The molecule has 57 valence electrons. The van der Waals surface area contributed by atoms with E-state index >= 15 is 0 Å². The van der Waals surface area contributed by atoms with Gasteiger partial charge in [0.2, 0.25) is 0 Å². The van der Waals surface area contributed by atoms with E-state index in [0.717, 1.165) is 12.0 Å². The first-order valence-corrected chi connectivity index (χ1v) is 4.45. The van der Waals surface area contributed by atoms with Gasteiger partial charge in [0, 0.05) is 12.1 Å². The first kappa shape index (κ1) is 6.66. The van der Waals surface area contributed by atoms with Crippen LogP contribution in [0.3, 0.4) is 0 Å². The molecule has 2 aliphatic rings. The van der Waals surface area contributed by atoms with Gasteiger partial charge in [-0.25, -0.2) is 0 Å². The molecule has 0 bridgehead atoms. The van der Waals surface area contributed by atoms with Crippen molar-refractivity contribution in [3.8, 4) is 0 Å². The predicted molar refractivity (Wildman–Crippen MR) is 42.6 cm³/mol. The van der Waals surface area contributed by atoms with Crippen LogP contribution in [-0.4, -0.2) is 12.1 Å². The summed E-state index contributed by atoms with van der Waals surface area (Å²) in [6, 6.07) is 1.38. The SMILES string of the molecule is [CH2][C@H]1CC2CCCCC2N1. The Hall–Kier alpha value is -0.0400. The van der Waals surface area contributed by atoms with Gasteiger partial charge in [-0.1, -0.05) is 12.8 Å². The van der Waals surface area contributed by atoms with Crippen molar-refractivity contribution in [2.24, 2.45) is 5.92 Å². The normalized spacial score (nSPS) is 47.1. The fourth-order valence-corrected chi connectivity index (χ4v) is 2.45. The number of rotatable bonds is 0. The van der Waals surface area contributed by atoms with Gasteiger partial charge in [-0.05, 0) is 32.1 Å². The smallest absolute Gasteiger partial charge is 0.00984 e. The van der Waals surface area contributed by atoms with Crippen molar-refractivity contribution in [3.05, 3.63) is 6.92 Å². The maximum atomic E-state index is 4.05. The van der Waals surface area contributed by atoms with Crippen molar-refractivity contribution >= 4 is 0 Å². The van der Waals surface area contributed by atoms with Crippen LogP contribution < -0.4 is 5.32 Å². The Morgan fingerprint density at radius 3 is 2.80 bits per heavy atom. The van der Waals surface area contributed by atoms with E-state index < -0.39 is 0 Å². The lowest BCUT2D eigenvalue weighted by Gasteiger charge is -2.24. The van der Waals surface area contributed by atoms with Gasteiger partial charge < -0.3 is 5.32 Å². The lowest BCUT2D eigenvalue weighted by Crippen LogP contribution is -2.31. The third kappa shape index (κ3) is 1.07. The first-order chi connectivity index (χ1) is 4.86. The van der Waals surface area contributed by atoms with Gasteiger partial charge in [0.1, 0.15) is 0 Å². The molecular weight excluding hydrogens is 122 g/mol. The number of hydrogen-bond acceptors (Lipinski definition) is 1. The highest BCUT2D eigenvalue weighted by Gasteiger charge is 2.32. The molecule has 0 spiro atoms. The largest absolute Gasteiger partial charge is 0.311 e. The van der Waals surface area contributed by atoms with Crippen LogP contribution in [0.15, 0.2) is 0 Å². The van der Waals surface area contributed by atoms with E-state index in [2.05, 4.69) is 12.2 Å². The van der Waals surface area contributed by atoms with Crippen molar-refractivity contribution in [2.45, 2.75) is 44.2 Å². The van der Waals surface area contributed by atoms with Gasteiger partial charge in [0.05, 0.1) is 0 Å². The molecule has 1 nitrogen and oxygen atoms in total. The molecule has 2 rings (SSSR count). The molecule has 1 N–H and O–H groups in total. The molecule has 1 aliphatic carbocycles. The van der Waals surface area contributed by atoms with Gasteiger partial charge in [-0.3, -0.25) is 0 Å². The molecule has 2 fully saturated rings. The highest BCUT2D eigenvalue weighted by molar-refractivity contribution is 4.93. The van der Waals surface area contributed by atoms with Crippen LogP contribution in [0.5, 0.6) is 0 Å². The molecule has 1 heterocycles. The van der Waals surface area contributed by atoms with Crippen molar-refractivity contribution in [2.75, 3.05) is 0 Å². The third-order valence-corrected chi connectivity index (χ3v) is 2.95. The second kappa shape index (κ2) is 2.54. The van der Waals surface area contributed by atoms with E-state index in [1.807, 2.05) is 0 Å². The minimum atomic E-state index is 0.549. The van der Waals surface area contributed by atoms with Crippen LogP contribution in [0.25, 0.3) is 0 Å². The van der Waals surface area contributed by atoms with Crippen LogP contribution in [0.4, 0.5) is 0 Å². The summed E-state index contributed by atoms with van der Waals surface area (Å²) in [6.45, 7) is 4.05. The number of hydrogen-bond donors (Lipinski definition) is 1. The minimum Gasteiger partial charge on any atom is -0.311 e. The maximum Gasteiger partial charge on any atom is 0.00984 e. The van der Waals surface area contributed by atoms with Crippen LogP contribution in [0, 0.1) is 12.8 Å². The standard InChI is InChI=1S/C9H16N/c1-7-6-8-4-2-3-5-9(8)10-7/h7-10H,1-6H2/t7-,8?,9?/m0/s1. The zero-order chi connectivity index (χ0) is 6.97. The summed E-state index contributed by atoms with van der Waals surface area (Å²) in [6.07, 6.45) is 7.06. The van der Waals surface area contributed by atoms with Gasteiger partial charge in [-0.2, -0.15) is 0 Å². The number of nitrogens with one attached hydrogen (secondary N) is 1. The Bertz CT molecular complexity index is 108. The highest BCUT2D eigenvalue weighted by atomic mass is 15.0. The zero-order valence-corrected chi connectivity index (χ0v) is 6.47. The molecule has 2 unspecified atom stereocenters. The molecular formula is C9H16N. The maximum absolute atomic E-state index is 4.05. The Kier molecular flexibility index (Phi) is 1.69. The van der Waals surface area contributed by atoms with E-state index in [1.54, 1.807) is 0 Å². The minimum absolute atomic E-state index is 0.549. The topological polar surface area (TPSA) is 12.0 Å². The second-order valence-corrected chi connectivity index (χ2v) is 3.75. The third-order valence-electron chi connectivity index (χ3n) is 2.95. The van der Waals surface area contributed by atoms with Gasteiger partial charge in [0.15, 0.2) is 0 Å². The van der Waals surface area contributed by atoms with Crippen molar-refractivity contribution in [1.82, 2.24) is 5.32 Å². The van der Waals surface area contributed by atoms with Crippen molar-refractivity contribution < 1.29 is 0 Å². The number of fused-ring (bicyclic) bond motifs is 1. The van der Waals surface area contributed by atoms with Crippen LogP contribution in [0.1, 0.15) is 32.1 Å². The zero-order valence-electron chi connectivity index (χ0n) is 6.47. The molecule has 3 atom stereocenters. The molecule has 1 saturated heterocycles. The van der Waals surface area contributed by atoms with E-state index in [-0.39, 0.29) is 0 Å². The molecule has 0 amide bonds. The van der Waals surface area contributed by atoms with Gasteiger partial charge >= 0.3 is 0 Å². The van der Waals surface area contributed by atoms with E-state index in [9.17, 15) is 0 Å². The summed E-state index contributed by atoms with van der Waals surface area (Å²) in [7, 11) is 0. The highest BCUT2D eigenvalue weighted by Crippen LogP contribution is 2.32. The molecule has 0 aromatic carbocycles. The van der Waals surface area contributed by atoms with Crippen LogP contribution in [0.2, 0.25) is 0 Å². The lowest BCUT2D eigenvalue weighted by molar-refractivity contribution is 0.326. The molecule has 10 heavy (non-hydrogen) atoms. The summed E-state index contributed by atoms with van der Waals surface area (Å²) >= 11 is 0. The Labute approximate surface area is 63.2 Å². The quantitative estimate of drug-likeness (QED) is 0.537. The summed E-state index contributed by atoms with van der Waals surface area (Å²) in [5, 5.41) is 3.54. The summed E-state index contributed by atoms with van der Waals surface area (Å²) in [4.78, 5) is 0. The second-order valence-electron chi connectivity index (χ2n) is 3.75. The van der Waals surface area contributed by atoms with Crippen LogP contribution >= 0.6 is 0 Å². The van der Waals surface area contributed by atoms with Crippen molar-refractivity contribution in [1.29, 1.82) is 0 Å². The van der Waals surface area contributed by atoms with Gasteiger partial charge in [0.25, 0.3) is 0 Å².